The summed E-state index contributed by atoms with van der Waals surface area (Å²) in [7, 11) is -0.607. The smallest absolute Gasteiger partial charge is 0.0721 e. The zero-order chi connectivity index (χ0) is 13.5. The van der Waals surface area contributed by atoms with Crippen molar-refractivity contribution < 1.29 is 4.21 Å². The normalized spacial score (nSPS) is 24.1. The van der Waals surface area contributed by atoms with Crippen LogP contribution in [0.2, 0.25) is 0 Å². The van der Waals surface area contributed by atoms with E-state index >= 15 is 0 Å². The van der Waals surface area contributed by atoms with Gasteiger partial charge in [0.05, 0.1) is 9.73 Å². The van der Waals surface area contributed by atoms with Gasteiger partial charge in [-0.05, 0) is 49.3 Å². The molecule has 19 heavy (non-hydrogen) atoms. The second-order valence-corrected chi connectivity index (χ2v) is 8.56. The zero-order valence-electron chi connectivity index (χ0n) is 11.7. The second kappa shape index (κ2) is 4.51. The molecule has 2 saturated carbocycles. The van der Waals surface area contributed by atoms with E-state index in [1.54, 1.807) is 13.3 Å². The summed E-state index contributed by atoms with van der Waals surface area (Å²) in [5, 5.41) is 3.57. The molecule has 0 bridgehead atoms. The highest BCUT2D eigenvalue weighted by Crippen LogP contribution is 2.56. The summed E-state index contributed by atoms with van der Waals surface area (Å²) in [4.78, 5) is 0.817. The van der Waals surface area contributed by atoms with Crippen LogP contribution in [0.5, 0.6) is 0 Å². The van der Waals surface area contributed by atoms with Crippen LogP contribution in [0.25, 0.3) is 0 Å². The quantitative estimate of drug-likeness (QED) is 0.919. The second-order valence-electron chi connectivity index (χ2n) is 6.12. The fourth-order valence-electron chi connectivity index (χ4n) is 3.34. The first kappa shape index (κ1) is 13.0. The van der Waals surface area contributed by atoms with Crippen molar-refractivity contribution in [2.75, 3.05) is 18.6 Å². The van der Waals surface area contributed by atoms with Crippen molar-refractivity contribution in [3.63, 3.8) is 0 Å². The largest absolute Gasteiger partial charge is 0.382 e. The van der Waals surface area contributed by atoms with Crippen molar-refractivity contribution in [1.82, 2.24) is 0 Å². The molecule has 0 aliphatic heterocycles. The van der Waals surface area contributed by atoms with E-state index in [1.165, 1.54) is 32.1 Å². The van der Waals surface area contributed by atoms with Crippen molar-refractivity contribution in [3.8, 4) is 0 Å². The number of nitrogens with zero attached hydrogens (tertiary/aromatic N) is 1. The van der Waals surface area contributed by atoms with Crippen LogP contribution in [0.3, 0.4) is 0 Å². The van der Waals surface area contributed by atoms with Crippen molar-refractivity contribution in [2.45, 2.75) is 43.0 Å². The van der Waals surface area contributed by atoms with E-state index in [0.717, 1.165) is 10.6 Å². The van der Waals surface area contributed by atoms with Crippen LogP contribution in [0.4, 0.5) is 5.69 Å². The van der Waals surface area contributed by atoms with Gasteiger partial charge in [0.1, 0.15) is 0 Å². The van der Waals surface area contributed by atoms with E-state index in [9.17, 15) is 4.21 Å². The fourth-order valence-corrected chi connectivity index (χ4v) is 4.22. The number of benzene rings is 1. The lowest BCUT2D eigenvalue weighted by Gasteiger charge is -2.54. The summed E-state index contributed by atoms with van der Waals surface area (Å²) >= 11 is 0. The van der Waals surface area contributed by atoms with Crippen molar-refractivity contribution in [1.29, 1.82) is 0 Å². The number of anilines is 1. The average Bonchev–Trinajstić information content (AvgIpc) is 2.31. The Labute approximate surface area is 116 Å². The minimum atomic E-state index is -2.23. The van der Waals surface area contributed by atoms with E-state index in [4.69, 9.17) is 0 Å². The lowest BCUT2D eigenvalue weighted by molar-refractivity contribution is 0.0192. The summed E-state index contributed by atoms with van der Waals surface area (Å²) in [5.41, 5.74) is 1.77. The van der Waals surface area contributed by atoms with Crippen LogP contribution < -0.4 is 5.32 Å². The molecular formula is C15H22N2OS. The number of hydrogen-bond acceptors (Lipinski definition) is 3. The van der Waals surface area contributed by atoms with Crippen LogP contribution in [0, 0.1) is 5.41 Å². The molecule has 1 unspecified atom stereocenters. The number of hydrogen-bond donors (Lipinski definition) is 1. The van der Waals surface area contributed by atoms with E-state index in [0.29, 0.717) is 11.5 Å². The SMILES string of the molecule is CN=S(C)(=O)c1cccc(NC2CC3(CCC3)C2)c1. The van der Waals surface area contributed by atoms with E-state index in [2.05, 4.69) is 15.7 Å². The summed E-state index contributed by atoms with van der Waals surface area (Å²) in [6, 6.07) is 8.50. The third-order valence-electron chi connectivity index (χ3n) is 4.76. The Bertz CT molecular complexity index is 590. The minimum Gasteiger partial charge on any atom is -0.382 e. The molecule has 0 heterocycles. The number of rotatable bonds is 3. The summed E-state index contributed by atoms with van der Waals surface area (Å²) in [6.45, 7) is 0. The first-order valence-corrected chi connectivity index (χ1v) is 8.92. The molecule has 2 aliphatic carbocycles. The molecule has 3 rings (SSSR count). The van der Waals surface area contributed by atoms with Crippen molar-refractivity contribution in [2.24, 2.45) is 9.78 Å². The summed E-state index contributed by atoms with van der Waals surface area (Å²) in [5.74, 6) is 0. The molecule has 0 aromatic heterocycles. The fraction of sp³-hybridized carbons (Fsp3) is 0.600. The molecular weight excluding hydrogens is 256 g/mol. The molecule has 2 aliphatic rings. The Morgan fingerprint density at radius 1 is 1.37 bits per heavy atom. The maximum atomic E-state index is 12.2. The van der Waals surface area contributed by atoms with Crippen LogP contribution in [0.15, 0.2) is 33.5 Å². The van der Waals surface area contributed by atoms with Crippen LogP contribution in [-0.4, -0.2) is 23.6 Å². The average molecular weight is 278 g/mol. The van der Waals surface area contributed by atoms with Crippen molar-refractivity contribution in [3.05, 3.63) is 24.3 Å². The molecule has 2 fully saturated rings. The molecule has 1 spiro atoms. The van der Waals surface area contributed by atoms with E-state index in [1.807, 2.05) is 18.2 Å². The van der Waals surface area contributed by atoms with Gasteiger partial charge in [0, 0.05) is 29.9 Å². The van der Waals surface area contributed by atoms with Gasteiger partial charge in [-0.1, -0.05) is 12.5 Å². The Balaban J connectivity index is 1.69. The molecule has 4 heteroatoms. The lowest BCUT2D eigenvalue weighted by Crippen LogP contribution is -2.49. The van der Waals surface area contributed by atoms with Gasteiger partial charge in [-0.2, -0.15) is 0 Å². The van der Waals surface area contributed by atoms with Gasteiger partial charge in [-0.3, -0.25) is 0 Å². The van der Waals surface area contributed by atoms with Gasteiger partial charge < -0.3 is 5.32 Å². The van der Waals surface area contributed by atoms with Crippen LogP contribution in [-0.2, 0) is 9.73 Å². The minimum absolute atomic E-state index is 0.599. The first-order chi connectivity index (χ1) is 9.03. The predicted octanol–water partition coefficient (Wildman–Crippen LogP) is 3.52. The number of nitrogens with one attached hydrogen (secondary N) is 1. The summed E-state index contributed by atoms with van der Waals surface area (Å²) in [6.07, 6.45) is 8.55. The molecule has 1 N–H and O–H groups in total. The van der Waals surface area contributed by atoms with E-state index in [-0.39, 0.29) is 0 Å². The molecule has 0 radical (unpaired) electrons. The van der Waals surface area contributed by atoms with Gasteiger partial charge in [-0.25, -0.2) is 8.57 Å². The Morgan fingerprint density at radius 3 is 2.68 bits per heavy atom. The Hall–Kier alpha value is -1.03. The monoisotopic (exact) mass is 278 g/mol. The first-order valence-electron chi connectivity index (χ1n) is 7.00. The van der Waals surface area contributed by atoms with Gasteiger partial charge in [0.25, 0.3) is 0 Å². The van der Waals surface area contributed by atoms with Crippen LogP contribution in [0.1, 0.15) is 32.1 Å². The highest BCUT2D eigenvalue weighted by molar-refractivity contribution is 7.93. The molecule has 1 aromatic rings. The topological polar surface area (TPSA) is 41.5 Å². The predicted molar refractivity (Wildman–Crippen MR) is 80.1 cm³/mol. The molecule has 1 aromatic carbocycles. The highest BCUT2D eigenvalue weighted by Gasteiger charge is 2.47. The van der Waals surface area contributed by atoms with E-state index < -0.39 is 9.73 Å². The van der Waals surface area contributed by atoms with Gasteiger partial charge >= 0.3 is 0 Å². The highest BCUT2D eigenvalue weighted by atomic mass is 32.2. The zero-order valence-corrected chi connectivity index (χ0v) is 12.5. The van der Waals surface area contributed by atoms with Crippen molar-refractivity contribution >= 4 is 15.4 Å². The molecule has 0 amide bonds. The Kier molecular flexibility index (Phi) is 3.08. The molecule has 0 saturated heterocycles. The summed E-state index contributed by atoms with van der Waals surface area (Å²) < 4.78 is 16.2. The van der Waals surface area contributed by atoms with Gasteiger partial charge in [-0.15, -0.1) is 0 Å². The third-order valence-corrected chi connectivity index (χ3v) is 6.59. The Morgan fingerprint density at radius 2 is 2.11 bits per heavy atom. The molecule has 3 nitrogen and oxygen atoms in total. The molecule has 1 atom stereocenters. The van der Waals surface area contributed by atoms with Gasteiger partial charge in [0.2, 0.25) is 0 Å². The van der Waals surface area contributed by atoms with Crippen LogP contribution >= 0.6 is 0 Å². The molecule has 104 valence electrons. The van der Waals surface area contributed by atoms with Gasteiger partial charge in [0.15, 0.2) is 0 Å². The standard InChI is InChI=1S/C15H22N2OS/c1-16-19(2,18)14-6-3-5-12(9-14)17-13-10-15(11-13)7-4-8-15/h3,5-6,9,13,17H,4,7-8,10-11H2,1-2H3. The maximum Gasteiger partial charge on any atom is 0.0721 e. The maximum absolute atomic E-state index is 12.2. The third kappa shape index (κ3) is 2.38. The lowest BCUT2D eigenvalue weighted by atomic mass is 9.54.